The van der Waals surface area contributed by atoms with Gasteiger partial charge in [-0.25, -0.2) is 0 Å². The fourth-order valence-corrected chi connectivity index (χ4v) is 3.62. The van der Waals surface area contributed by atoms with Gasteiger partial charge in [-0.15, -0.1) is 0 Å². The first kappa shape index (κ1) is 17.7. The molecule has 5 nitrogen and oxygen atoms in total. The molecule has 5 heteroatoms. The first-order valence-electron chi connectivity index (χ1n) is 8.95. The standard InChI is InChI=1S/C20H27N3O2/c1-13(2)23-18(5-7-22-23)19-17(6-8-25-19)20(24)21-12-16-10-14(3)9-15(4)11-16/h5,7,9-11,13,17,19H,6,8,12H2,1-4H3,(H,21,24)/t17-,19-/m1/s1. The first-order valence-corrected chi connectivity index (χ1v) is 8.95. The Hall–Kier alpha value is -2.14. The van der Waals surface area contributed by atoms with Crippen molar-refractivity contribution in [1.82, 2.24) is 15.1 Å². The second-order valence-electron chi connectivity index (χ2n) is 7.19. The molecule has 1 aliphatic rings. The highest BCUT2D eigenvalue weighted by atomic mass is 16.5. The highest BCUT2D eigenvalue weighted by Crippen LogP contribution is 2.35. The minimum atomic E-state index is -0.218. The maximum absolute atomic E-state index is 12.8. The zero-order chi connectivity index (χ0) is 18.0. The molecule has 1 aromatic heterocycles. The van der Waals surface area contributed by atoms with E-state index in [-0.39, 0.29) is 24.0 Å². The van der Waals surface area contributed by atoms with Crippen molar-refractivity contribution in [2.24, 2.45) is 5.92 Å². The van der Waals surface area contributed by atoms with Gasteiger partial charge in [-0.05, 0) is 45.7 Å². The van der Waals surface area contributed by atoms with E-state index in [0.717, 1.165) is 17.7 Å². The van der Waals surface area contributed by atoms with E-state index in [2.05, 4.69) is 56.3 Å². The molecule has 134 valence electrons. The van der Waals surface area contributed by atoms with Crippen LogP contribution in [0.4, 0.5) is 0 Å². The van der Waals surface area contributed by atoms with Gasteiger partial charge in [0.25, 0.3) is 0 Å². The van der Waals surface area contributed by atoms with E-state index in [0.29, 0.717) is 13.2 Å². The van der Waals surface area contributed by atoms with E-state index >= 15 is 0 Å². The lowest BCUT2D eigenvalue weighted by Crippen LogP contribution is -2.32. The average Bonchev–Trinajstić information content (AvgIpc) is 3.19. The van der Waals surface area contributed by atoms with E-state index in [9.17, 15) is 4.79 Å². The van der Waals surface area contributed by atoms with Crippen LogP contribution in [0.15, 0.2) is 30.5 Å². The largest absolute Gasteiger partial charge is 0.371 e. The van der Waals surface area contributed by atoms with Gasteiger partial charge in [-0.3, -0.25) is 9.48 Å². The number of hydrogen-bond donors (Lipinski definition) is 1. The predicted octanol–water partition coefficient (Wildman–Crippen LogP) is 3.47. The average molecular weight is 341 g/mol. The van der Waals surface area contributed by atoms with Gasteiger partial charge in [0.1, 0.15) is 6.10 Å². The van der Waals surface area contributed by atoms with E-state index < -0.39 is 0 Å². The van der Waals surface area contributed by atoms with Crippen LogP contribution in [0.5, 0.6) is 0 Å². The van der Waals surface area contributed by atoms with Crippen LogP contribution < -0.4 is 5.32 Å². The summed E-state index contributed by atoms with van der Waals surface area (Å²) in [5, 5.41) is 7.46. The summed E-state index contributed by atoms with van der Waals surface area (Å²) in [4.78, 5) is 12.8. The smallest absolute Gasteiger partial charge is 0.226 e. The Labute approximate surface area is 149 Å². The lowest BCUT2D eigenvalue weighted by atomic mass is 9.97. The molecule has 1 fully saturated rings. The maximum atomic E-state index is 12.8. The number of aromatic nitrogens is 2. The Morgan fingerprint density at radius 2 is 2.04 bits per heavy atom. The van der Waals surface area contributed by atoms with Crippen LogP contribution in [-0.4, -0.2) is 22.3 Å². The number of ether oxygens (including phenoxy) is 1. The summed E-state index contributed by atoms with van der Waals surface area (Å²) >= 11 is 0. The SMILES string of the molecule is Cc1cc(C)cc(CNC(=O)[C@@H]2CCO[C@H]2c2ccnn2C(C)C)c1. The molecule has 1 saturated heterocycles. The molecule has 25 heavy (non-hydrogen) atoms. The van der Waals surface area contributed by atoms with Crippen molar-refractivity contribution in [3.63, 3.8) is 0 Å². The molecule has 2 atom stereocenters. The normalized spacial score (nSPS) is 20.2. The molecule has 0 saturated carbocycles. The Balaban J connectivity index is 1.69. The first-order chi connectivity index (χ1) is 12.0. The molecule has 0 aliphatic carbocycles. The van der Waals surface area contributed by atoms with Gasteiger partial charge in [0.2, 0.25) is 5.91 Å². The van der Waals surface area contributed by atoms with Gasteiger partial charge in [-0.1, -0.05) is 29.3 Å². The second kappa shape index (κ2) is 7.40. The Kier molecular flexibility index (Phi) is 5.23. The fourth-order valence-electron chi connectivity index (χ4n) is 3.62. The quantitative estimate of drug-likeness (QED) is 0.906. The summed E-state index contributed by atoms with van der Waals surface area (Å²) in [6.45, 7) is 9.48. The molecule has 1 aromatic carbocycles. The minimum absolute atomic E-state index is 0.0539. The van der Waals surface area contributed by atoms with Gasteiger partial charge in [-0.2, -0.15) is 5.10 Å². The molecule has 0 spiro atoms. The molecule has 0 bridgehead atoms. The van der Waals surface area contributed by atoms with E-state index in [4.69, 9.17) is 4.74 Å². The number of rotatable bonds is 5. The zero-order valence-electron chi connectivity index (χ0n) is 15.5. The number of aryl methyl sites for hydroxylation is 2. The number of hydrogen-bond acceptors (Lipinski definition) is 3. The van der Waals surface area contributed by atoms with Crippen LogP contribution in [-0.2, 0) is 16.1 Å². The minimum Gasteiger partial charge on any atom is -0.371 e. The molecule has 1 N–H and O–H groups in total. The Morgan fingerprint density at radius 1 is 1.32 bits per heavy atom. The van der Waals surface area contributed by atoms with Crippen molar-refractivity contribution in [2.75, 3.05) is 6.61 Å². The number of carbonyl (C=O) groups is 1. The van der Waals surface area contributed by atoms with Crippen LogP contribution in [0, 0.1) is 19.8 Å². The lowest BCUT2D eigenvalue weighted by Gasteiger charge is -2.21. The predicted molar refractivity (Wildman–Crippen MR) is 97.2 cm³/mol. The molecule has 0 radical (unpaired) electrons. The third-order valence-electron chi connectivity index (χ3n) is 4.66. The topological polar surface area (TPSA) is 56.1 Å². The van der Waals surface area contributed by atoms with Crippen molar-refractivity contribution in [2.45, 2.75) is 52.8 Å². The van der Waals surface area contributed by atoms with Crippen molar-refractivity contribution in [1.29, 1.82) is 0 Å². The number of benzene rings is 1. The maximum Gasteiger partial charge on any atom is 0.226 e. The molecular formula is C20H27N3O2. The van der Waals surface area contributed by atoms with Gasteiger partial charge in [0.05, 0.1) is 11.6 Å². The van der Waals surface area contributed by atoms with E-state index in [1.165, 1.54) is 11.1 Å². The molecule has 1 amide bonds. The van der Waals surface area contributed by atoms with Crippen molar-refractivity contribution >= 4 is 5.91 Å². The van der Waals surface area contributed by atoms with Crippen LogP contribution in [0.2, 0.25) is 0 Å². The summed E-state index contributed by atoms with van der Waals surface area (Å²) in [6.07, 6.45) is 2.30. The molecule has 2 aromatic rings. The van der Waals surface area contributed by atoms with Gasteiger partial charge < -0.3 is 10.1 Å². The van der Waals surface area contributed by atoms with E-state index in [1.807, 2.05) is 10.7 Å². The van der Waals surface area contributed by atoms with Crippen LogP contribution in [0.1, 0.15) is 54.8 Å². The van der Waals surface area contributed by atoms with Crippen molar-refractivity contribution in [3.8, 4) is 0 Å². The lowest BCUT2D eigenvalue weighted by molar-refractivity contribution is -0.127. The highest BCUT2D eigenvalue weighted by molar-refractivity contribution is 5.79. The van der Waals surface area contributed by atoms with Crippen molar-refractivity contribution in [3.05, 3.63) is 52.8 Å². The number of amides is 1. The second-order valence-corrected chi connectivity index (χ2v) is 7.19. The summed E-state index contributed by atoms with van der Waals surface area (Å²) in [7, 11) is 0. The van der Waals surface area contributed by atoms with E-state index in [1.54, 1.807) is 6.20 Å². The number of nitrogens with one attached hydrogen (secondary N) is 1. The summed E-state index contributed by atoms with van der Waals surface area (Å²) in [6, 6.07) is 8.57. The Bertz CT molecular complexity index is 731. The highest BCUT2D eigenvalue weighted by Gasteiger charge is 2.37. The Morgan fingerprint density at radius 3 is 2.72 bits per heavy atom. The molecular weight excluding hydrogens is 314 g/mol. The van der Waals surface area contributed by atoms with Gasteiger partial charge >= 0.3 is 0 Å². The van der Waals surface area contributed by atoms with Crippen molar-refractivity contribution < 1.29 is 9.53 Å². The summed E-state index contributed by atoms with van der Waals surface area (Å²) < 4.78 is 7.84. The van der Waals surface area contributed by atoms with Gasteiger partial charge in [0.15, 0.2) is 0 Å². The number of carbonyl (C=O) groups excluding carboxylic acids is 1. The van der Waals surface area contributed by atoms with Crippen LogP contribution in [0.25, 0.3) is 0 Å². The third kappa shape index (κ3) is 3.93. The van der Waals surface area contributed by atoms with Crippen LogP contribution in [0.3, 0.4) is 0 Å². The summed E-state index contributed by atoms with van der Waals surface area (Å²) in [5.74, 6) is -0.113. The molecule has 0 unspecified atom stereocenters. The summed E-state index contributed by atoms with van der Waals surface area (Å²) in [5.41, 5.74) is 4.55. The zero-order valence-corrected chi connectivity index (χ0v) is 15.5. The fraction of sp³-hybridized carbons (Fsp3) is 0.500. The van der Waals surface area contributed by atoms with Gasteiger partial charge in [0, 0.05) is 25.4 Å². The third-order valence-corrected chi connectivity index (χ3v) is 4.66. The molecule has 3 rings (SSSR count). The van der Waals surface area contributed by atoms with Crippen LogP contribution >= 0.6 is 0 Å². The monoisotopic (exact) mass is 341 g/mol. The molecule has 2 heterocycles. The number of nitrogens with zero attached hydrogens (tertiary/aromatic N) is 2. The molecule has 1 aliphatic heterocycles.